The summed E-state index contributed by atoms with van der Waals surface area (Å²) in [6, 6.07) is 1.38. The summed E-state index contributed by atoms with van der Waals surface area (Å²) in [6.07, 6.45) is 19.1. The molecule has 0 saturated heterocycles. The predicted molar refractivity (Wildman–Crippen MR) is 86.4 cm³/mol. The highest BCUT2D eigenvalue weighted by Crippen LogP contribution is 2.23. The summed E-state index contributed by atoms with van der Waals surface area (Å²) in [5.74, 6) is 0.957. The van der Waals surface area contributed by atoms with E-state index in [1.807, 2.05) is 0 Å². The molecule has 2 aliphatic carbocycles. The minimum absolute atomic E-state index is 0.682. The highest BCUT2D eigenvalue weighted by Gasteiger charge is 2.23. The van der Waals surface area contributed by atoms with E-state index in [1.54, 1.807) is 11.9 Å². The Morgan fingerprint density at radius 1 is 1.11 bits per heavy atom. The van der Waals surface area contributed by atoms with Crippen LogP contribution in [0.2, 0.25) is 0 Å². The summed E-state index contributed by atoms with van der Waals surface area (Å²) < 4.78 is 3.57. The van der Waals surface area contributed by atoms with Crippen molar-refractivity contribution in [2.45, 2.75) is 69.9 Å². The first-order chi connectivity index (χ1) is 9.40. The fourth-order valence-electron chi connectivity index (χ4n) is 3.46. The van der Waals surface area contributed by atoms with E-state index in [2.05, 4.69) is 28.4 Å². The van der Waals surface area contributed by atoms with Gasteiger partial charge >= 0.3 is 0 Å². The summed E-state index contributed by atoms with van der Waals surface area (Å²) in [5, 5.41) is 3.80. The monoisotopic (exact) mass is 282 g/mol. The molecule has 3 heteroatoms. The molecule has 2 rings (SSSR count). The van der Waals surface area contributed by atoms with Crippen molar-refractivity contribution in [3.63, 3.8) is 0 Å². The standard InChI is InChI=1S/C16H30N2S/c1-19-18-16-12-6-5-11-15(16)17-13-7-10-14-8-3-2-4-9-14/h2-3,14-18H,4-13H2,1H3. The summed E-state index contributed by atoms with van der Waals surface area (Å²) in [4.78, 5) is 0. The van der Waals surface area contributed by atoms with Crippen molar-refractivity contribution >= 4 is 11.9 Å². The van der Waals surface area contributed by atoms with E-state index < -0.39 is 0 Å². The van der Waals surface area contributed by atoms with Crippen molar-refractivity contribution in [1.29, 1.82) is 0 Å². The van der Waals surface area contributed by atoms with Gasteiger partial charge in [0, 0.05) is 12.1 Å². The van der Waals surface area contributed by atoms with E-state index in [-0.39, 0.29) is 0 Å². The molecule has 0 amide bonds. The summed E-state index contributed by atoms with van der Waals surface area (Å²) in [6.45, 7) is 1.21. The average Bonchev–Trinajstić information content (AvgIpc) is 2.47. The molecule has 0 radical (unpaired) electrons. The highest BCUT2D eigenvalue weighted by molar-refractivity contribution is 7.96. The molecule has 0 aliphatic heterocycles. The van der Waals surface area contributed by atoms with Crippen LogP contribution in [0.15, 0.2) is 12.2 Å². The zero-order valence-electron chi connectivity index (χ0n) is 12.4. The van der Waals surface area contributed by atoms with Crippen LogP contribution >= 0.6 is 11.9 Å². The molecule has 2 N–H and O–H groups in total. The van der Waals surface area contributed by atoms with Crippen LogP contribution in [0, 0.1) is 5.92 Å². The Morgan fingerprint density at radius 3 is 2.68 bits per heavy atom. The largest absolute Gasteiger partial charge is 0.312 e. The molecule has 0 heterocycles. The Kier molecular flexibility index (Phi) is 7.33. The van der Waals surface area contributed by atoms with Crippen molar-refractivity contribution in [3.8, 4) is 0 Å². The lowest BCUT2D eigenvalue weighted by molar-refractivity contribution is 0.309. The number of hydrogen-bond donors (Lipinski definition) is 2. The zero-order valence-corrected chi connectivity index (χ0v) is 13.2. The van der Waals surface area contributed by atoms with Crippen LogP contribution < -0.4 is 10.0 Å². The van der Waals surface area contributed by atoms with Crippen LogP contribution in [-0.2, 0) is 0 Å². The molecule has 0 spiro atoms. The topological polar surface area (TPSA) is 24.1 Å². The number of rotatable bonds is 7. The van der Waals surface area contributed by atoms with Gasteiger partial charge in [-0.1, -0.05) is 36.9 Å². The Labute approximate surface area is 123 Å². The predicted octanol–water partition coefficient (Wildman–Crippen LogP) is 3.89. The summed E-state index contributed by atoms with van der Waals surface area (Å²) >= 11 is 1.78. The summed E-state index contributed by atoms with van der Waals surface area (Å²) in [5.41, 5.74) is 0. The Balaban J connectivity index is 1.59. The van der Waals surface area contributed by atoms with Crippen molar-refractivity contribution in [3.05, 3.63) is 12.2 Å². The van der Waals surface area contributed by atoms with Gasteiger partial charge in [-0.15, -0.1) is 0 Å². The maximum Gasteiger partial charge on any atom is 0.0325 e. The van der Waals surface area contributed by atoms with Gasteiger partial charge in [0.05, 0.1) is 0 Å². The lowest BCUT2D eigenvalue weighted by atomic mass is 9.89. The van der Waals surface area contributed by atoms with Gasteiger partial charge in [0.1, 0.15) is 0 Å². The van der Waals surface area contributed by atoms with Crippen LogP contribution in [0.5, 0.6) is 0 Å². The molecule has 1 fully saturated rings. The third-order valence-electron chi connectivity index (χ3n) is 4.61. The van der Waals surface area contributed by atoms with Gasteiger partial charge in [0.2, 0.25) is 0 Å². The number of allylic oxidation sites excluding steroid dienone is 2. The molecule has 0 aromatic heterocycles. The molecule has 3 atom stereocenters. The van der Waals surface area contributed by atoms with Gasteiger partial charge in [-0.2, -0.15) is 0 Å². The zero-order chi connectivity index (χ0) is 13.3. The second kappa shape index (κ2) is 9.04. The average molecular weight is 282 g/mol. The van der Waals surface area contributed by atoms with Crippen LogP contribution in [-0.4, -0.2) is 24.9 Å². The molecular weight excluding hydrogens is 252 g/mol. The van der Waals surface area contributed by atoms with Crippen LogP contribution in [0.1, 0.15) is 57.8 Å². The number of nitrogens with one attached hydrogen (secondary N) is 2. The van der Waals surface area contributed by atoms with E-state index in [4.69, 9.17) is 0 Å². The lowest BCUT2D eigenvalue weighted by Gasteiger charge is -2.32. The molecule has 2 aliphatic rings. The SMILES string of the molecule is CSNC1CCCCC1NCCCC1CC=CCC1. The van der Waals surface area contributed by atoms with Gasteiger partial charge in [-0.3, -0.25) is 4.72 Å². The minimum Gasteiger partial charge on any atom is -0.312 e. The van der Waals surface area contributed by atoms with Crippen LogP contribution in [0.25, 0.3) is 0 Å². The number of hydrogen-bond acceptors (Lipinski definition) is 3. The van der Waals surface area contributed by atoms with Gasteiger partial charge in [-0.05, 0) is 63.7 Å². The Morgan fingerprint density at radius 2 is 1.95 bits per heavy atom. The molecule has 19 heavy (non-hydrogen) atoms. The first-order valence-electron chi connectivity index (χ1n) is 8.07. The van der Waals surface area contributed by atoms with Crippen LogP contribution in [0.3, 0.4) is 0 Å². The van der Waals surface area contributed by atoms with Crippen molar-refractivity contribution < 1.29 is 0 Å². The fourth-order valence-corrected chi connectivity index (χ4v) is 4.05. The van der Waals surface area contributed by atoms with Crippen molar-refractivity contribution in [2.75, 3.05) is 12.8 Å². The summed E-state index contributed by atoms with van der Waals surface area (Å²) in [7, 11) is 0. The minimum atomic E-state index is 0.682. The third kappa shape index (κ3) is 5.49. The van der Waals surface area contributed by atoms with Crippen molar-refractivity contribution in [2.24, 2.45) is 5.92 Å². The molecule has 1 saturated carbocycles. The molecule has 2 nitrogen and oxygen atoms in total. The fraction of sp³-hybridized carbons (Fsp3) is 0.875. The van der Waals surface area contributed by atoms with Crippen molar-refractivity contribution in [1.82, 2.24) is 10.0 Å². The first kappa shape index (κ1) is 15.4. The maximum atomic E-state index is 3.80. The van der Waals surface area contributed by atoms with Gasteiger partial charge < -0.3 is 5.32 Å². The molecule has 0 aromatic rings. The van der Waals surface area contributed by atoms with E-state index >= 15 is 0 Å². The van der Waals surface area contributed by atoms with Crippen LogP contribution in [0.4, 0.5) is 0 Å². The molecule has 3 unspecified atom stereocenters. The van der Waals surface area contributed by atoms with Gasteiger partial charge in [-0.25, -0.2) is 0 Å². The third-order valence-corrected chi connectivity index (χ3v) is 5.15. The smallest absolute Gasteiger partial charge is 0.0325 e. The van der Waals surface area contributed by atoms with E-state index in [0.717, 1.165) is 5.92 Å². The highest BCUT2D eigenvalue weighted by atomic mass is 32.2. The molecule has 0 bridgehead atoms. The normalized spacial score (nSPS) is 31.5. The quantitative estimate of drug-likeness (QED) is 0.421. The molecule has 0 aromatic carbocycles. The van der Waals surface area contributed by atoms with E-state index in [0.29, 0.717) is 12.1 Å². The van der Waals surface area contributed by atoms with Gasteiger partial charge in [0.25, 0.3) is 0 Å². The Bertz CT molecular complexity index is 265. The first-order valence-corrected chi connectivity index (χ1v) is 9.29. The second-order valence-electron chi connectivity index (χ2n) is 6.07. The van der Waals surface area contributed by atoms with E-state index in [1.165, 1.54) is 64.3 Å². The molecular formula is C16H30N2S. The van der Waals surface area contributed by atoms with E-state index in [9.17, 15) is 0 Å². The maximum absolute atomic E-state index is 3.80. The molecule has 110 valence electrons. The van der Waals surface area contributed by atoms with Gasteiger partial charge in [0.15, 0.2) is 0 Å². The lowest BCUT2D eigenvalue weighted by Crippen LogP contribution is -2.48. The second-order valence-corrected chi connectivity index (χ2v) is 6.71. The Hall–Kier alpha value is 0.0100.